The first-order valence-corrected chi connectivity index (χ1v) is 10.9. The fourth-order valence-corrected chi connectivity index (χ4v) is 4.17. The molecule has 2 aromatic rings. The van der Waals surface area contributed by atoms with Gasteiger partial charge in [-0.15, -0.1) is 0 Å². The first-order chi connectivity index (χ1) is 14.0. The van der Waals surface area contributed by atoms with Crippen LogP contribution in [0.25, 0.3) is 0 Å². The number of nitrogens with zero attached hydrogens (tertiary/aromatic N) is 4. The number of hydrogen-bond donors (Lipinski definition) is 0. The highest BCUT2D eigenvalue weighted by Gasteiger charge is 2.27. The topological polar surface area (TPSA) is 83.1 Å². The van der Waals surface area contributed by atoms with Crippen LogP contribution in [0.5, 0.6) is 5.75 Å². The number of rotatable bonds is 8. The SMILES string of the molecule is CN(CC(=O)N1CCN(CCOc2ccccc2)CC1)S(=O)(=O)c1cccnc1. The van der Waals surface area contributed by atoms with E-state index in [0.29, 0.717) is 19.7 Å². The molecule has 1 fully saturated rings. The Morgan fingerprint density at radius 2 is 1.83 bits per heavy atom. The predicted octanol–water partition coefficient (Wildman–Crippen LogP) is 0.925. The van der Waals surface area contributed by atoms with E-state index in [4.69, 9.17) is 4.74 Å². The number of piperazine rings is 1. The van der Waals surface area contributed by atoms with Gasteiger partial charge in [0.15, 0.2) is 0 Å². The molecule has 8 nitrogen and oxygen atoms in total. The Kier molecular flexibility index (Phi) is 7.18. The molecule has 0 aliphatic carbocycles. The van der Waals surface area contributed by atoms with Crippen molar-refractivity contribution in [3.8, 4) is 5.75 Å². The molecule has 9 heteroatoms. The summed E-state index contributed by atoms with van der Waals surface area (Å²) in [6.07, 6.45) is 2.79. The van der Waals surface area contributed by atoms with Crippen LogP contribution in [0, 0.1) is 0 Å². The zero-order valence-corrected chi connectivity index (χ0v) is 17.3. The Bertz CT molecular complexity index is 885. The standard InChI is InChI=1S/C20H26N4O4S/c1-22(29(26,27)19-8-5-9-21-16-19)17-20(25)24-12-10-23(11-13-24)14-15-28-18-6-3-2-4-7-18/h2-9,16H,10-15,17H2,1H3. The van der Waals surface area contributed by atoms with Crippen molar-refractivity contribution in [2.45, 2.75) is 4.90 Å². The predicted molar refractivity (Wildman–Crippen MR) is 109 cm³/mol. The second-order valence-electron chi connectivity index (χ2n) is 6.83. The molecule has 0 saturated carbocycles. The zero-order chi connectivity index (χ0) is 20.7. The molecule has 0 unspecified atom stereocenters. The second-order valence-corrected chi connectivity index (χ2v) is 8.88. The molecule has 0 radical (unpaired) electrons. The smallest absolute Gasteiger partial charge is 0.244 e. The van der Waals surface area contributed by atoms with E-state index in [1.807, 2.05) is 30.3 Å². The van der Waals surface area contributed by atoms with Gasteiger partial charge < -0.3 is 9.64 Å². The van der Waals surface area contributed by atoms with Crippen LogP contribution in [0.3, 0.4) is 0 Å². The van der Waals surface area contributed by atoms with Crippen LogP contribution in [0.15, 0.2) is 59.8 Å². The number of likely N-dealkylation sites (N-methyl/N-ethyl adjacent to an activating group) is 1. The number of sulfonamides is 1. The molecule has 0 spiro atoms. The summed E-state index contributed by atoms with van der Waals surface area (Å²) >= 11 is 0. The molecule has 0 bridgehead atoms. The largest absolute Gasteiger partial charge is 0.492 e. The highest BCUT2D eigenvalue weighted by atomic mass is 32.2. The van der Waals surface area contributed by atoms with E-state index in [-0.39, 0.29) is 17.3 Å². The van der Waals surface area contributed by atoms with Gasteiger partial charge >= 0.3 is 0 Å². The van der Waals surface area contributed by atoms with E-state index in [2.05, 4.69) is 9.88 Å². The number of benzene rings is 1. The highest BCUT2D eigenvalue weighted by Crippen LogP contribution is 2.13. The molecule has 0 N–H and O–H groups in total. The maximum absolute atomic E-state index is 12.6. The number of carbonyl (C=O) groups excluding carboxylic acids is 1. The van der Waals surface area contributed by atoms with E-state index in [1.54, 1.807) is 11.0 Å². The Hall–Kier alpha value is -2.49. The van der Waals surface area contributed by atoms with Gasteiger partial charge in [0.05, 0.1) is 6.54 Å². The average molecular weight is 419 g/mol. The molecule has 1 amide bonds. The van der Waals surface area contributed by atoms with Crippen molar-refractivity contribution in [2.75, 3.05) is 52.9 Å². The fourth-order valence-electron chi connectivity index (χ4n) is 3.09. The summed E-state index contributed by atoms with van der Waals surface area (Å²) in [5, 5.41) is 0. The summed E-state index contributed by atoms with van der Waals surface area (Å²) in [7, 11) is -2.31. The zero-order valence-electron chi connectivity index (χ0n) is 16.5. The number of pyridine rings is 1. The molecular formula is C20H26N4O4S. The molecule has 1 aliphatic heterocycles. The summed E-state index contributed by atoms with van der Waals surface area (Å²) in [6.45, 7) is 3.81. The molecule has 3 rings (SSSR count). The van der Waals surface area contributed by atoms with Gasteiger partial charge in [-0.3, -0.25) is 14.7 Å². The van der Waals surface area contributed by atoms with Crippen molar-refractivity contribution in [3.63, 3.8) is 0 Å². The number of carbonyl (C=O) groups is 1. The summed E-state index contributed by atoms with van der Waals surface area (Å²) < 4.78 is 31.9. The number of para-hydroxylation sites is 1. The second kappa shape index (κ2) is 9.82. The van der Waals surface area contributed by atoms with Crippen LogP contribution in [0.4, 0.5) is 0 Å². The molecule has 29 heavy (non-hydrogen) atoms. The summed E-state index contributed by atoms with van der Waals surface area (Å²) in [5.41, 5.74) is 0. The Morgan fingerprint density at radius 3 is 2.48 bits per heavy atom. The Morgan fingerprint density at radius 1 is 1.10 bits per heavy atom. The lowest BCUT2D eigenvalue weighted by atomic mass is 10.3. The molecule has 156 valence electrons. The lowest BCUT2D eigenvalue weighted by Gasteiger charge is -2.35. The summed E-state index contributed by atoms with van der Waals surface area (Å²) in [4.78, 5) is 20.4. The van der Waals surface area contributed by atoms with Gasteiger partial charge in [-0.25, -0.2) is 8.42 Å². The minimum absolute atomic E-state index is 0.0820. The van der Waals surface area contributed by atoms with E-state index in [1.165, 1.54) is 25.5 Å². The minimum Gasteiger partial charge on any atom is -0.492 e. The van der Waals surface area contributed by atoms with Gasteiger partial charge in [-0.05, 0) is 24.3 Å². The summed E-state index contributed by atoms with van der Waals surface area (Å²) in [6, 6.07) is 12.7. The quantitative estimate of drug-likeness (QED) is 0.634. The monoisotopic (exact) mass is 418 g/mol. The van der Waals surface area contributed by atoms with Gasteiger partial charge in [0, 0.05) is 52.2 Å². The number of amides is 1. The van der Waals surface area contributed by atoms with Gasteiger partial charge in [0.1, 0.15) is 17.3 Å². The number of hydrogen-bond acceptors (Lipinski definition) is 6. The highest BCUT2D eigenvalue weighted by molar-refractivity contribution is 7.89. The van der Waals surface area contributed by atoms with Crippen LogP contribution in [-0.4, -0.2) is 86.3 Å². The van der Waals surface area contributed by atoms with Gasteiger partial charge in [-0.2, -0.15) is 4.31 Å². The maximum atomic E-state index is 12.6. The number of ether oxygens (including phenoxy) is 1. The first kappa shape index (κ1) is 21.2. The molecule has 1 aromatic heterocycles. The molecular weight excluding hydrogens is 392 g/mol. The van der Waals surface area contributed by atoms with Crippen molar-refractivity contribution in [1.82, 2.24) is 19.1 Å². The van der Waals surface area contributed by atoms with Crippen molar-refractivity contribution >= 4 is 15.9 Å². The lowest BCUT2D eigenvalue weighted by molar-refractivity contribution is -0.133. The summed E-state index contributed by atoms with van der Waals surface area (Å²) in [5.74, 6) is 0.652. The van der Waals surface area contributed by atoms with Crippen molar-refractivity contribution in [2.24, 2.45) is 0 Å². The van der Waals surface area contributed by atoms with Crippen LogP contribution in [0.1, 0.15) is 0 Å². The van der Waals surface area contributed by atoms with Gasteiger partial charge in [0.2, 0.25) is 15.9 Å². The van der Waals surface area contributed by atoms with E-state index in [0.717, 1.165) is 29.7 Å². The van der Waals surface area contributed by atoms with Crippen molar-refractivity contribution in [3.05, 3.63) is 54.9 Å². The first-order valence-electron chi connectivity index (χ1n) is 9.51. The third-order valence-corrected chi connectivity index (χ3v) is 6.63. The van der Waals surface area contributed by atoms with Crippen molar-refractivity contribution < 1.29 is 17.9 Å². The third kappa shape index (κ3) is 5.75. The van der Waals surface area contributed by atoms with Crippen LogP contribution >= 0.6 is 0 Å². The Balaban J connectivity index is 1.42. The molecule has 0 atom stereocenters. The molecule has 1 aliphatic rings. The minimum atomic E-state index is -3.73. The fraction of sp³-hybridized carbons (Fsp3) is 0.400. The molecule has 1 aromatic carbocycles. The van der Waals surface area contributed by atoms with Crippen LogP contribution in [-0.2, 0) is 14.8 Å². The van der Waals surface area contributed by atoms with E-state index >= 15 is 0 Å². The van der Waals surface area contributed by atoms with Crippen LogP contribution < -0.4 is 4.74 Å². The molecule has 1 saturated heterocycles. The van der Waals surface area contributed by atoms with E-state index < -0.39 is 10.0 Å². The van der Waals surface area contributed by atoms with Crippen LogP contribution in [0.2, 0.25) is 0 Å². The third-order valence-electron chi connectivity index (χ3n) is 4.84. The molecule has 2 heterocycles. The normalized spacial score (nSPS) is 15.4. The van der Waals surface area contributed by atoms with Crippen molar-refractivity contribution in [1.29, 1.82) is 0 Å². The number of aromatic nitrogens is 1. The average Bonchev–Trinajstić information content (AvgIpc) is 2.75. The lowest BCUT2D eigenvalue weighted by Crippen LogP contribution is -2.51. The van der Waals surface area contributed by atoms with E-state index in [9.17, 15) is 13.2 Å². The maximum Gasteiger partial charge on any atom is 0.244 e. The van der Waals surface area contributed by atoms with Gasteiger partial charge in [0.25, 0.3) is 0 Å². The van der Waals surface area contributed by atoms with Gasteiger partial charge in [-0.1, -0.05) is 18.2 Å². The Labute approximate surface area is 171 Å².